The van der Waals surface area contributed by atoms with Crippen LogP contribution in [0.5, 0.6) is 0 Å². The Balaban J connectivity index is 1.74. The number of nitrogens with zero attached hydrogens (tertiary/aromatic N) is 4. The molecule has 2 N–H and O–H groups in total. The number of β-lactam (4-membered cyclic amide) rings is 1. The molecule has 0 bridgehead atoms. The summed E-state index contributed by atoms with van der Waals surface area (Å²) in [5, 5.41) is 18.6. The number of carbonyl (C=O) groups is 4. The van der Waals surface area contributed by atoms with Gasteiger partial charge in [0, 0.05) is 11.5 Å². The molecular formula is C15H14ClN5O6S3. The van der Waals surface area contributed by atoms with Crippen LogP contribution in [0.15, 0.2) is 26.8 Å². The van der Waals surface area contributed by atoms with Gasteiger partial charge in [-0.15, -0.1) is 40.2 Å². The van der Waals surface area contributed by atoms with Crippen molar-refractivity contribution in [1.29, 1.82) is 0 Å². The average Bonchev–Trinajstić information content (AvgIpc) is 3.26. The molecule has 2 atom stereocenters. The summed E-state index contributed by atoms with van der Waals surface area (Å²) >= 11 is 9.35. The zero-order valence-electron chi connectivity index (χ0n) is 15.2. The van der Waals surface area contributed by atoms with Gasteiger partial charge in [0.05, 0.1) is 12.1 Å². The minimum atomic E-state index is -1.23. The smallest absolute Gasteiger partial charge is 0.352 e. The maximum Gasteiger partial charge on any atom is 0.352 e. The fraction of sp³-hybridized carbons (Fsp3) is 0.400. The van der Waals surface area contributed by atoms with Crippen LogP contribution < -0.4 is 5.32 Å². The monoisotopic (exact) mass is 491 g/mol. The molecule has 11 nitrogen and oxygen atoms in total. The Hall–Kier alpha value is -2.16. The first-order chi connectivity index (χ1) is 14.4. The van der Waals surface area contributed by atoms with Gasteiger partial charge in [-0.3, -0.25) is 19.3 Å². The van der Waals surface area contributed by atoms with E-state index in [1.54, 1.807) is 6.20 Å². The van der Waals surface area contributed by atoms with E-state index in [2.05, 4.69) is 24.9 Å². The third kappa shape index (κ3) is 4.45. The van der Waals surface area contributed by atoms with Crippen molar-refractivity contribution in [3.63, 3.8) is 0 Å². The summed E-state index contributed by atoms with van der Waals surface area (Å²) in [6.07, 6.45) is 1.58. The highest BCUT2D eigenvalue weighted by Crippen LogP contribution is 2.41. The number of aliphatic carboxylic acids is 1. The quantitative estimate of drug-likeness (QED) is 0.122. The fourth-order valence-electron chi connectivity index (χ4n) is 2.76. The summed E-state index contributed by atoms with van der Waals surface area (Å²) in [4.78, 5) is 54.2. The molecule has 3 rings (SSSR count). The number of carbonyl (C=O) groups excluding carboxylic acids is 3. The summed E-state index contributed by atoms with van der Waals surface area (Å²) in [6.45, 7) is 0. The minimum Gasteiger partial charge on any atom is -0.477 e. The summed E-state index contributed by atoms with van der Waals surface area (Å²) in [7, 11) is 1.16. The molecule has 2 aliphatic heterocycles. The van der Waals surface area contributed by atoms with E-state index in [0.717, 1.165) is 16.2 Å². The number of rotatable bonds is 9. The number of hydrogen-bond donors (Lipinski definition) is 2. The highest BCUT2D eigenvalue weighted by molar-refractivity contribution is 8.01. The van der Waals surface area contributed by atoms with E-state index in [-0.39, 0.29) is 5.70 Å². The third-order valence-corrected chi connectivity index (χ3v) is 7.55. The Bertz CT molecular complexity index is 937. The number of thioether (sulfide) groups is 2. The minimum absolute atomic E-state index is 0.0955. The van der Waals surface area contributed by atoms with Crippen LogP contribution in [0, 0.1) is 0 Å². The number of oxime groups is 1. The number of amides is 2. The Morgan fingerprint density at radius 1 is 1.50 bits per heavy atom. The fourth-order valence-corrected chi connectivity index (χ4v) is 5.79. The first kappa shape index (κ1) is 22.5. The lowest BCUT2D eigenvalue weighted by Crippen LogP contribution is -2.71. The Morgan fingerprint density at radius 2 is 2.27 bits per heavy atom. The predicted molar refractivity (Wildman–Crippen MR) is 110 cm³/mol. The molecule has 1 fully saturated rings. The van der Waals surface area contributed by atoms with Gasteiger partial charge in [0.15, 0.2) is 0 Å². The van der Waals surface area contributed by atoms with E-state index in [1.165, 1.54) is 35.1 Å². The van der Waals surface area contributed by atoms with Gasteiger partial charge in [0.2, 0.25) is 11.5 Å². The first-order valence-corrected chi connectivity index (χ1v) is 11.5. The zero-order chi connectivity index (χ0) is 21.8. The number of fused-ring (bicyclic) bond motifs is 1. The van der Waals surface area contributed by atoms with Gasteiger partial charge in [-0.2, -0.15) is 0 Å². The number of nitrogens with one attached hydrogen (secondary N) is 1. The summed E-state index contributed by atoms with van der Waals surface area (Å²) < 4.78 is 4.58. The lowest BCUT2D eigenvalue weighted by molar-refractivity contribution is -0.150. The average molecular weight is 492 g/mol. The molecule has 0 aliphatic carbocycles. The normalized spacial score (nSPS) is 21.1. The molecule has 0 aromatic carbocycles. The van der Waals surface area contributed by atoms with Crippen LogP contribution in [0.25, 0.3) is 0 Å². The maximum absolute atomic E-state index is 12.6. The number of alkyl halides is 1. The first-order valence-electron chi connectivity index (χ1n) is 8.20. The van der Waals surface area contributed by atoms with Crippen molar-refractivity contribution in [2.24, 2.45) is 5.16 Å². The van der Waals surface area contributed by atoms with Crippen molar-refractivity contribution in [1.82, 2.24) is 19.8 Å². The highest BCUT2D eigenvalue weighted by atomic mass is 35.5. The third-order valence-electron chi connectivity index (χ3n) is 4.05. The van der Waals surface area contributed by atoms with Crippen LogP contribution in [0.1, 0.15) is 0 Å². The van der Waals surface area contributed by atoms with Crippen molar-refractivity contribution in [2.45, 2.75) is 15.6 Å². The van der Waals surface area contributed by atoms with Crippen molar-refractivity contribution < 1.29 is 29.1 Å². The molecule has 0 saturated carbocycles. The lowest BCUT2D eigenvalue weighted by atomic mass is 10.0. The van der Waals surface area contributed by atoms with Crippen molar-refractivity contribution in [2.75, 3.05) is 24.5 Å². The van der Waals surface area contributed by atoms with Crippen molar-refractivity contribution in [3.8, 4) is 0 Å². The standard InChI is InChI=1S/C15H14ClN5O6S3/c1-27-19-9(7(22)2-16)12(23)18-10-13(24)21-11(15(25)26)6(5-29-14(10)21)4-28-8-3-17-20-30-8/h3,10,14H,2,4-5H2,1H3,(H,18,23)(H,25,26)/b19-9-/t10-,14-/m1/s1. The molecule has 2 amide bonds. The van der Waals surface area contributed by atoms with Crippen LogP contribution >= 0.6 is 46.7 Å². The maximum atomic E-state index is 12.6. The van der Waals surface area contributed by atoms with Crippen LogP contribution in [-0.2, 0) is 24.0 Å². The van der Waals surface area contributed by atoms with E-state index >= 15 is 0 Å². The van der Waals surface area contributed by atoms with Gasteiger partial charge in [-0.1, -0.05) is 9.64 Å². The van der Waals surface area contributed by atoms with Gasteiger partial charge in [0.1, 0.15) is 28.4 Å². The second-order valence-corrected chi connectivity index (χ2v) is 9.26. The van der Waals surface area contributed by atoms with E-state index in [9.17, 15) is 24.3 Å². The SMILES string of the molecule is CO/N=C(/C(=O)CCl)C(=O)N[C@@H]1C(=O)N2C(C(=O)O)=C(CSc3cnns3)CS[C@H]12. The van der Waals surface area contributed by atoms with Crippen molar-refractivity contribution >= 4 is 75.9 Å². The van der Waals surface area contributed by atoms with Crippen molar-refractivity contribution in [3.05, 3.63) is 17.5 Å². The van der Waals surface area contributed by atoms with Gasteiger partial charge in [0.25, 0.3) is 11.8 Å². The topological polar surface area (TPSA) is 151 Å². The van der Waals surface area contributed by atoms with E-state index < -0.39 is 46.6 Å². The van der Waals surface area contributed by atoms with Crippen LogP contribution in [0.3, 0.4) is 0 Å². The lowest BCUT2D eigenvalue weighted by Gasteiger charge is -2.49. The second-order valence-electron chi connectivity index (χ2n) is 5.82. The number of Topliss-reactive ketones (excluding diaryl/α,β-unsaturated/α-hetero) is 1. The van der Waals surface area contributed by atoms with E-state index in [1.807, 2.05) is 0 Å². The molecule has 0 unspecified atom stereocenters. The number of carboxylic acid groups (broad SMARTS) is 1. The Kier molecular flexibility index (Phi) is 7.33. The molecule has 0 spiro atoms. The highest BCUT2D eigenvalue weighted by Gasteiger charge is 2.54. The van der Waals surface area contributed by atoms with Crippen LogP contribution in [0.4, 0.5) is 0 Å². The van der Waals surface area contributed by atoms with Gasteiger partial charge >= 0.3 is 5.97 Å². The van der Waals surface area contributed by atoms with E-state index in [0.29, 0.717) is 17.1 Å². The van der Waals surface area contributed by atoms with E-state index in [4.69, 9.17) is 11.6 Å². The molecule has 1 aromatic rings. The van der Waals surface area contributed by atoms with Gasteiger partial charge < -0.3 is 15.3 Å². The largest absolute Gasteiger partial charge is 0.477 e. The number of aromatic nitrogens is 2. The zero-order valence-corrected chi connectivity index (χ0v) is 18.4. The summed E-state index contributed by atoms with van der Waals surface area (Å²) in [6, 6.07) is -0.998. The van der Waals surface area contributed by atoms with Crippen LogP contribution in [-0.4, -0.2) is 84.8 Å². The molecule has 1 aromatic heterocycles. The number of ketones is 1. The Labute approximate surface area is 187 Å². The Morgan fingerprint density at radius 3 is 2.87 bits per heavy atom. The molecule has 30 heavy (non-hydrogen) atoms. The molecule has 0 radical (unpaired) electrons. The molecular weight excluding hydrogens is 478 g/mol. The number of halogens is 1. The second kappa shape index (κ2) is 9.76. The molecule has 15 heteroatoms. The molecule has 160 valence electrons. The number of carboxylic acids is 1. The predicted octanol–water partition coefficient (Wildman–Crippen LogP) is 0.179. The van der Waals surface area contributed by atoms with Crippen LogP contribution in [0.2, 0.25) is 0 Å². The molecule has 1 saturated heterocycles. The molecule has 3 heterocycles. The van der Waals surface area contributed by atoms with Gasteiger partial charge in [-0.05, 0) is 17.1 Å². The number of hydrogen-bond acceptors (Lipinski definition) is 11. The van der Waals surface area contributed by atoms with Gasteiger partial charge in [-0.25, -0.2) is 4.79 Å². The molecule has 2 aliphatic rings. The summed E-state index contributed by atoms with van der Waals surface area (Å²) in [5.41, 5.74) is -0.0788. The summed E-state index contributed by atoms with van der Waals surface area (Å²) in [5.74, 6) is -3.26.